The van der Waals surface area contributed by atoms with Crippen molar-refractivity contribution in [2.24, 2.45) is 5.92 Å². The summed E-state index contributed by atoms with van der Waals surface area (Å²) in [7, 11) is 0. The van der Waals surface area contributed by atoms with E-state index in [-0.39, 0.29) is 0 Å². The molecule has 0 saturated carbocycles. The van der Waals surface area contributed by atoms with Crippen molar-refractivity contribution in [1.29, 1.82) is 0 Å². The van der Waals surface area contributed by atoms with Gasteiger partial charge in [-0.15, -0.1) is 0 Å². The van der Waals surface area contributed by atoms with Crippen molar-refractivity contribution in [1.82, 2.24) is 5.32 Å². The molecule has 1 aliphatic rings. The van der Waals surface area contributed by atoms with Gasteiger partial charge in [-0.05, 0) is 30.9 Å². The van der Waals surface area contributed by atoms with E-state index in [2.05, 4.69) is 42.6 Å². The van der Waals surface area contributed by atoms with Gasteiger partial charge in [0, 0.05) is 6.04 Å². The summed E-state index contributed by atoms with van der Waals surface area (Å²) in [5, 5.41) is 3.61. The summed E-state index contributed by atoms with van der Waals surface area (Å²) in [5.74, 6) is 0.849. The maximum atomic E-state index is 3.61. The Morgan fingerprint density at radius 3 is 2.79 bits per heavy atom. The van der Waals surface area contributed by atoms with E-state index in [1.54, 1.807) is 0 Å². The topological polar surface area (TPSA) is 12.0 Å². The van der Waals surface area contributed by atoms with Crippen LogP contribution in [0, 0.1) is 5.92 Å². The fourth-order valence-corrected chi connectivity index (χ4v) is 2.49. The van der Waals surface area contributed by atoms with Crippen LogP contribution in [-0.2, 0) is 0 Å². The molecule has 1 nitrogen and oxygen atoms in total. The van der Waals surface area contributed by atoms with Gasteiger partial charge in [0.2, 0.25) is 0 Å². The lowest BCUT2D eigenvalue weighted by molar-refractivity contribution is 0.427. The van der Waals surface area contributed by atoms with Crippen LogP contribution in [0.2, 0.25) is 0 Å². The first kappa shape index (κ1) is 9.72. The average Bonchev–Trinajstić information content (AvgIpc) is 2.68. The molecule has 2 atom stereocenters. The van der Waals surface area contributed by atoms with E-state index in [0.29, 0.717) is 6.04 Å². The normalized spacial score (nSPS) is 26.6. The average molecular weight is 189 g/mol. The molecule has 0 amide bonds. The number of hydrogen-bond donors (Lipinski definition) is 1. The molecule has 0 aliphatic carbocycles. The highest BCUT2D eigenvalue weighted by Crippen LogP contribution is 2.32. The molecule has 0 radical (unpaired) electrons. The van der Waals surface area contributed by atoms with Gasteiger partial charge in [-0.1, -0.05) is 43.7 Å². The molecule has 1 fully saturated rings. The van der Waals surface area contributed by atoms with Crippen molar-refractivity contribution in [2.75, 3.05) is 6.54 Å². The van der Waals surface area contributed by atoms with E-state index in [1.807, 2.05) is 0 Å². The Morgan fingerprint density at radius 2 is 2.07 bits per heavy atom. The lowest BCUT2D eigenvalue weighted by atomic mass is 9.91. The molecule has 1 heteroatoms. The molecule has 2 unspecified atom stereocenters. The Kier molecular flexibility index (Phi) is 3.20. The summed E-state index contributed by atoms with van der Waals surface area (Å²) in [6, 6.07) is 11.5. The highest BCUT2D eigenvalue weighted by molar-refractivity contribution is 5.20. The van der Waals surface area contributed by atoms with Crippen molar-refractivity contribution in [3.05, 3.63) is 35.9 Å². The monoisotopic (exact) mass is 189 g/mol. The third-order valence-electron chi connectivity index (χ3n) is 3.17. The van der Waals surface area contributed by atoms with Gasteiger partial charge >= 0.3 is 0 Å². The van der Waals surface area contributed by atoms with Crippen LogP contribution in [0.25, 0.3) is 0 Å². The van der Waals surface area contributed by atoms with Gasteiger partial charge in [-0.2, -0.15) is 0 Å². The summed E-state index contributed by atoms with van der Waals surface area (Å²) in [5.41, 5.74) is 1.46. The highest BCUT2D eigenvalue weighted by atomic mass is 14.9. The van der Waals surface area contributed by atoms with E-state index >= 15 is 0 Å². The van der Waals surface area contributed by atoms with E-state index < -0.39 is 0 Å². The van der Waals surface area contributed by atoms with Crippen molar-refractivity contribution in [2.45, 2.75) is 32.2 Å². The fraction of sp³-hybridized carbons (Fsp3) is 0.538. The number of nitrogens with one attached hydrogen (secondary N) is 1. The van der Waals surface area contributed by atoms with Gasteiger partial charge in [0.15, 0.2) is 0 Å². The van der Waals surface area contributed by atoms with Crippen LogP contribution in [0.4, 0.5) is 0 Å². The third-order valence-corrected chi connectivity index (χ3v) is 3.17. The second-order valence-electron chi connectivity index (χ2n) is 4.18. The first-order valence-corrected chi connectivity index (χ1v) is 5.70. The molecule has 1 aromatic carbocycles. The standard InChI is InChI=1S/C13H19N/c1-2-6-11-9-10-14-13(11)12-7-4-3-5-8-12/h3-5,7-8,11,13-14H,2,6,9-10H2,1H3. The second kappa shape index (κ2) is 4.61. The van der Waals surface area contributed by atoms with Crippen molar-refractivity contribution >= 4 is 0 Å². The smallest absolute Gasteiger partial charge is 0.0349 e. The molecule has 1 aliphatic heterocycles. The largest absolute Gasteiger partial charge is 0.310 e. The van der Waals surface area contributed by atoms with Crippen LogP contribution in [0.1, 0.15) is 37.8 Å². The maximum Gasteiger partial charge on any atom is 0.0349 e. The van der Waals surface area contributed by atoms with Crippen LogP contribution >= 0.6 is 0 Å². The quantitative estimate of drug-likeness (QED) is 0.770. The Hall–Kier alpha value is -0.820. The lowest BCUT2D eigenvalue weighted by Gasteiger charge is -2.19. The van der Waals surface area contributed by atoms with E-state index in [0.717, 1.165) is 5.92 Å². The molecule has 1 saturated heterocycles. The van der Waals surface area contributed by atoms with Crippen LogP contribution < -0.4 is 5.32 Å². The van der Waals surface area contributed by atoms with Crippen LogP contribution in [0.3, 0.4) is 0 Å². The van der Waals surface area contributed by atoms with Gasteiger partial charge in [-0.3, -0.25) is 0 Å². The number of benzene rings is 1. The molecule has 1 aromatic rings. The molecule has 0 aromatic heterocycles. The minimum atomic E-state index is 0.608. The summed E-state index contributed by atoms with van der Waals surface area (Å²) < 4.78 is 0. The second-order valence-corrected chi connectivity index (χ2v) is 4.18. The molecule has 0 bridgehead atoms. The Morgan fingerprint density at radius 1 is 1.29 bits per heavy atom. The first-order valence-electron chi connectivity index (χ1n) is 5.70. The van der Waals surface area contributed by atoms with Gasteiger partial charge in [0.05, 0.1) is 0 Å². The van der Waals surface area contributed by atoms with Crippen LogP contribution in [-0.4, -0.2) is 6.54 Å². The van der Waals surface area contributed by atoms with Crippen LogP contribution in [0.15, 0.2) is 30.3 Å². The van der Waals surface area contributed by atoms with Crippen molar-refractivity contribution < 1.29 is 0 Å². The predicted molar refractivity (Wildman–Crippen MR) is 60.2 cm³/mol. The van der Waals surface area contributed by atoms with Gasteiger partial charge < -0.3 is 5.32 Å². The van der Waals surface area contributed by atoms with Crippen molar-refractivity contribution in [3.63, 3.8) is 0 Å². The van der Waals surface area contributed by atoms with E-state index in [4.69, 9.17) is 0 Å². The Labute approximate surface area is 86.5 Å². The Balaban J connectivity index is 2.10. The number of rotatable bonds is 3. The minimum absolute atomic E-state index is 0.608. The fourth-order valence-electron chi connectivity index (χ4n) is 2.49. The molecule has 76 valence electrons. The maximum absolute atomic E-state index is 3.61. The predicted octanol–water partition coefficient (Wildman–Crippen LogP) is 3.14. The highest BCUT2D eigenvalue weighted by Gasteiger charge is 2.26. The van der Waals surface area contributed by atoms with Gasteiger partial charge in [0.1, 0.15) is 0 Å². The van der Waals surface area contributed by atoms with E-state index in [1.165, 1.54) is 31.4 Å². The molecular formula is C13H19N. The first-order chi connectivity index (χ1) is 6.92. The van der Waals surface area contributed by atoms with E-state index in [9.17, 15) is 0 Å². The minimum Gasteiger partial charge on any atom is -0.310 e. The Bertz CT molecular complexity index is 268. The summed E-state index contributed by atoms with van der Waals surface area (Å²) in [6.07, 6.45) is 4.00. The molecule has 1 heterocycles. The summed E-state index contributed by atoms with van der Waals surface area (Å²) in [4.78, 5) is 0. The zero-order valence-corrected chi connectivity index (χ0v) is 8.87. The van der Waals surface area contributed by atoms with Crippen LogP contribution in [0.5, 0.6) is 0 Å². The third kappa shape index (κ3) is 1.98. The number of hydrogen-bond acceptors (Lipinski definition) is 1. The molecule has 2 rings (SSSR count). The molecule has 0 spiro atoms. The zero-order valence-electron chi connectivity index (χ0n) is 8.87. The lowest BCUT2D eigenvalue weighted by Crippen LogP contribution is -2.17. The zero-order chi connectivity index (χ0) is 9.80. The van der Waals surface area contributed by atoms with Gasteiger partial charge in [0.25, 0.3) is 0 Å². The van der Waals surface area contributed by atoms with Crippen molar-refractivity contribution in [3.8, 4) is 0 Å². The molecular weight excluding hydrogens is 170 g/mol. The summed E-state index contributed by atoms with van der Waals surface area (Å²) in [6.45, 7) is 3.46. The molecule has 1 N–H and O–H groups in total. The SMILES string of the molecule is CCCC1CCNC1c1ccccc1. The van der Waals surface area contributed by atoms with Gasteiger partial charge in [-0.25, -0.2) is 0 Å². The summed E-state index contributed by atoms with van der Waals surface area (Å²) >= 11 is 0. The molecule has 14 heavy (non-hydrogen) atoms.